The van der Waals surface area contributed by atoms with Crippen LogP contribution in [0.2, 0.25) is 0 Å². The molecule has 0 saturated carbocycles. The molecule has 1 fully saturated rings. The van der Waals surface area contributed by atoms with Crippen LogP contribution < -0.4 is 4.90 Å². The van der Waals surface area contributed by atoms with Gasteiger partial charge in [-0.25, -0.2) is 4.79 Å². The quantitative estimate of drug-likeness (QED) is 0.835. The minimum atomic E-state index is -0.938. The summed E-state index contributed by atoms with van der Waals surface area (Å²) in [5, 5.41) is 9.13. The number of nitrogens with zero attached hydrogens (tertiary/aromatic N) is 1. The molecule has 0 radical (unpaired) electrons. The van der Waals surface area contributed by atoms with Gasteiger partial charge in [0.2, 0.25) is 5.91 Å². The molecule has 1 amide bonds. The summed E-state index contributed by atoms with van der Waals surface area (Å²) in [4.78, 5) is 25.3. The van der Waals surface area contributed by atoms with Crippen LogP contribution in [0.15, 0.2) is 29.2 Å². The van der Waals surface area contributed by atoms with E-state index in [2.05, 4.69) is 0 Å². The maximum Gasteiger partial charge on any atom is 0.326 e. The lowest BCUT2D eigenvalue weighted by Crippen LogP contribution is -2.38. The first-order valence-corrected chi connectivity index (χ1v) is 6.55. The van der Waals surface area contributed by atoms with E-state index in [-0.39, 0.29) is 5.91 Å². The molecule has 4 nitrogen and oxygen atoms in total. The van der Waals surface area contributed by atoms with E-state index in [9.17, 15) is 9.59 Å². The van der Waals surface area contributed by atoms with Crippen LogP contribution in [0.1, 0.15) is 12.8 Å². The maximum absolute atomic E-state index is 11.8. The average molecular weight is 251 g/mol. The molecule has 1 N–H and O–H groups in total. The number of anilines is 1. The SMILES string of the molecule is CSc1ccccc1N1C(=O)CCC1C(=O)O. The van der Waals surface area contributed by atoms with E-state index in [1.165, 1.54) is 16.7 Å². The summed E-state index contributed by atoms with van der Waals surface area (Å²) in [6.07, 6.45) is 2.60. The zero-order valence-electron chi connectivity index (χ0n) is 9.42. The highest BCUT2D eigenvalue weighted by atomic mass is 32.2. The van der Waals surface area contributed by atoms with Gasteiger partial charge in [0.05, 0.1) is 5.69 Å². The van der Waals surface area contributed by atoms with Crippen molar-refractivity contribution in [2.45, 2.75) is 23.8 Å². The number of carboxylic acids is 1. The molecule has 90 valence electrons. The van der Waals surface area contributed by atoms with Gasteiger partial charge in [-0.3, -0.25) is 9.69 Å². The van der Waals surface area contributed by atoms with Gasteiger partial charge in [0.25, 0.3) is 0 Å². The Bertz CT molecular complexity index is 461. The second kappa shape index (κ2) is 4.79. The van der Waals surface area contributed by atoms with Crippen LogP contribution >= 0.6 is 11.8 Å². The van der Waals surface area contributed by atoms with Crippen molar-refractivity contribution in [1.29, 1.82) is 0 Å². The summed E-state index contributed by atoms with van der Waals surface area (Å²) < 4.78 is 0. The molecule has 1 saturated heterocycles. The Morgan fingerprint density at radius 3 is 2.82 bits per heavy atom. The number of para-hydroxylation sites is 1. The third kappa shape index (κ3) is 2.15. The van der Waals surface area contributed by atoms with Gasteiger partial charge in [-0.15, -0.1) is 11.8 Å². The second-order valence-electron chi connectivity index (χ2n) is 3.83. The van der Waals surface area contributed by atoms with Gasteiger partial charge < -0.3 is 5.11 Å². The van der Waals surface area contributed by atoms with Crippen molar-refractivity contribution >= 4 is 29.3 Å². The van der Waals surface area contributed by atoms with E-state index >= 15 is 0 Å². The monoisotopic (exact) mass is 251 g/mol. The average Bonchev–Trinajstić information content (AvgIpc) is 2.71. The molecule has 2 rings (SSSR count). The second-order valence-corrected chi connectivity index (χ2v) is 4.68. The number of thioether (sulfide) groups is 1. The molecule has 5 heteroatoms. The topological polar surface area (TPSA) is 57.6 Å². The summed E-state index contributed by atoms with van der Waals surface area (Å²) in [7, 11) is 0. The predicted molar refractivity (Wildman–Crippen MR) is 66.4 cm³/mol. The molecule has 0 aliphatic carbocycles. The van der Waals surface area contributed by atoms with Gasteiger partial charge in [0.1, 0.15) is 6.04 Å². The Morgan fingerprint density at radius 1 is 1.47 bits per heavy atom. The van der Waals surface area contributed by atoms with Crippen molar-refractivity contribution < 1.29 is 14.7 Å². The number of carboxylic acid groups (broad SMARTS) is 1. The van der Waals surface area contributed by atoms with Crippen molar-refractivity contribution in [3.8, 4) is 0 Å². The fraction of sp³-hybridized carbons (Fsp3) is 0.333. The van der Waals surface area contributed by atoms with Gasteiger partial charge in [-0.1, -0.05) is 12.1 Å². The van der Waals surface area contributed by atoms with Gasteiger partial charge >= 0.3 is 5.97 Å². The molecule has 17 heavy (non-hydrogen) atoms. The molecule has 1 aromatic carbocycles. The van der Waals surface area contributed by atoms with Gasteiger partial charge in [-0.05, 0) is 24.8 Å². The smallest absolute Gasteiger partial charge is 0.326 e. The number of hydrogen-bond acceptors (Lipinski definition) is 3. The Balaban J connectivity index is 2.43. The van der Waals surface area contributed by atoms with Gasteiger partial charge in [0.15, 0.2) is 0 Å². The largest absolute Gasteiger partial charge is 0.480 e. The number of hydrogen-bond donors (Lipinski definition) is 1. The molecule has 1 aromatic rings. The number of carbonyl (C=O) groups excluding carboxylic acids is 1. The Kier molecular flexibility index (Phi) is 3.38. The first-order valence-electron chi connectivity index (χ1n) is 5.33. The first-order chi connectivity index (χ1) is 8.15. The molecular weight excluding hydrogens is 238 g/mol. The summed E-state index contributed by atoms with van der Waals surface area (Å²) in [6.45, 7) is 0. The minimum absolute atomic E-state index is 0.112. The van der Waals surface area contributed by atoms with Crippen LogP contribution in [-0.4, -0.2) is 29.3 Å². The zero-order valence-corrected chi connectivity index (χ0v) is 10.2. The van der Waals surface area contributed by atoms with Gasteiger partial charge in [-0.2, -0.15) is 0 Å². The lowest BCUT2D eigenvalue weighted by atomic mass is 10.2. The Labute approximate surface area is 104 Å². The third-order valence-electron chi connectivity index (χ3n) is 2.84. The standard InChI is InChI=1S/C12H13NO3S/c1-17-10-5-3-2-4-8(10)13-9(12(15)16)6-7-11(13)14/h2-5,9H,6-7H2,1H3,(H,15,16). The summed E-state index contributed by atoms with van der Waals surface area (Å²) in [5.74, 6) is -1.05. The van der Waals surface area contributed by atoms with E-state index in [0.29, 0.717) is 18.5 Å². The lowest BCUT2D eigenvalue weighted by Gasteiger charge is -2.23. The molecule has 1 aliphatic rings. The van der Waals surface area contributed by atoms with E-state index in [0.717, 1.165) is 4.90 Å². The first kappa shape index (κ1) is 12.0. The van der Waals surface area contributed by atoms with Crippen molar-refractivity contribution in [2.24, 2.45) is 0 Å². The number of amides is 1. The third-order valence-corrected chi connectivity index (χ3v) is 3.63. The molecule has 1 unspecified atom stereocenters. The Hall–Kier alpha value is -1.49. The normalized spacial score (nSPS) is 19.7. The van der Waals surface area contributed by atoms with E-state index in [1.54, 1.807) is 6.07 Å². The number of aliphatic carboxylic acids is 1. The number of carbonyl (C=O) groups is 2. The minimum Gasteiger partial charge on any atom is -0.480 e. The van der Waals surface area contributed by atoms with Crippen LogP contribution in [0.3, 0.4) is 0 Å². The molecule has 0 bridgehead atoms. The maximum atomic E-state index is 11.8. The highest BCUT2D eigenvalue weighted by Gasteiger charge is 2.37. The zero-order chi connectivity index (χ0) is 12.4. The molecular formula is C12H13NO3S. The molecule has 1 aliphatic heterocycles. The lowest BCUT2D eigenvalue weighted by molar-refractivity contribution is -0.138. The summed E-state index contributed by atoms with van der Waals surface area (Å²) >= 11 is 1.51. The van der Waals surface area contributed by atoms with Crippen LogP contribution in [-0.2, 0) is 9.59 Å². The molecule has 0 aromatic heterocycles. The molecule has 1 heterocycles. The van der Waals surface area contributed by atoms with Crippen molar-refractivity contribution in [3.63, 3.8) is 0 Å². The van der Waals surface area contributed by atoms with Crippen LogP contribution in [0, 0.1) is 0 Å². The number of rotatable bonds is 3. The fourth-order valence-electron chi connectivity index (χ4n) is 2.05. The van der Waals surface area contributed by atoms with Crippen molar-refractivity contribution in [1.82, 2.24) is 0 Å². The van der Waals surface area contributed by atoms with Crippen molar-refractivity contribution in [3.05, 3.63) is 24.3 Å². The van der Waals surface area contributed by atoms with E-state index in [1.807, 2.05) is 24.5 Å². The summed E-state index contributed by atoms with van der Waals surface area (Å²) in [6, 6.07) is 6.66. The highest BCUT2D eigenvalue weighted by Crippen LogP contribution is 2.34. The van der Waals surface area contributed by atoms with Crippen molar-refractivity contribution in [2.75, 3.05) is 11.2 Å². The van der Waals surface area contributed by atoms with Crippen LogP contribution in [0.5, 0.6) is 0 Å². The van der Waals surface area contributed by atoms with E-state index in [4.69, 9.17) is 5.11 Å². The van der Waals surface area contributed by atoms with Crippen LogP contribution in [0.4, 0.5) is 5.69 Å². The van der Waals surface area contributed by atoms with Crippen LogP contribution in [0.25, 0.3) is 0 Å². The molecule has 1 atom stereocenters. The fourth-order valence-corrected chi connectivity index (χ4v) is 2.64. The molecule has 0 spiro atoms. The van der Waals surface area contributed by atoms with Gasteiger partial charge in [0, 0.05) is 11.3 Å². The van der Waals surface area contributed by atoms with E-state index < -0.39 is 12.0 Å². The highest BCUT2D eigenvalue weighted by molar-refractivity contribution is 7.98. The number of benzene rings is 1. The Morgan fingerprint density at radius 2 is 2.18 bits per heavy atom. The summed E-state index contributed by atoms with van der Waals surface area (Å²) in [5.41, 5.74) is 0.704. The predicted octanol–water partition coefficient (Wildman–Crippen LogP) is 1.99.